The highest BCUT2D eigenvalue weighted by Crippen LogP contribution is 2.14. The van der Waals surface area contributed by atoms with Crippen LogP contribution in [0.2, 0.25) is 0 Å². The van der Waals surface area contributed by atoms with E-state index in [9.17, 15) is 4.79 Å². The third kappa shape index (κ3) is 2.05. The molecule has 0 bridgehead atoms. The van der Waals surface area contributed by atoms with Gasteiger partial charge in [-0.05, 0) is 13.0 Å². The van der Waals surface area contributed by atoms with Crippen LogP contribution in [0.15, 0.2) is 24.3 Å². The molecule has 0 aliphatic carbocycles. The first kappa shape index (κ1) is 11.4. The fourth-order valence-electron chi connectivity index (χ4n) is 1.36. The minimum absolute atomic E-state index is 0. The Kier molecular flexibility index (Phi) is 3.21. The van der Waals surface area contributed by atoms with Crippen LogP contribution in [0.25, 0.3) is 10.9 Å². The maximum absolute atomic E-state index is 10.9. The first-order valence-electron chi connectivity index (χ1n) is 4.15. The lowest BCUT2D eigenvalue weighted by Gasteiger charge is -2.01. The summed E-state index contributed by atoms with van der Waals surface area (Å²) in [5.74, 6) is -0.548. The molecule has 1 heterocycles. The number of carbonyl (C=O) groups is 1. The fourth-order valence-corrected chi connectivity index (χ4v) is 1.36. The van der Waals surface area contributed by atoms with E-state index in [-0.39, 0.29) is 18.1 Å². The maximum atomic E-state index is 10.9. The number of carboxylic acid groups (broad SMARTS) is 1. The number of aryl methyl sites for hydroxylation is 1. The van der Waals surface area contributed by atoms with Crippen LogP contribution in [0.4, 0.5) is 0 Å². The van der Waals surface area contributed by atoms with Gasteiger partial charge in [-0.3, -0.25) is 0 Å². The molecule has 4 nitrogen and oxygen atoms in total. The number of aromatic carboxylic acids is 1. The van der Waals surface area contributed by atoms with Crippen LogP contribution >= 0.6 is 12.4 Å². The van der Waals surface area contributed by atoms with E-state index in [1.165, 1.54) is 0 Å². The van der Waals surface area contributed by atoms with Crippen LogP contribution in [-0.2, 0) is 0 Å². The van der Waals surface area contributed by atoms with E-state index in [4.69, 9.17) is 5.11 Å². The number of carboxylic acids is 1. The van der Waals surface area contributed by atoms with Gasteiger partial charge >= 0.3 is 5.97 Å². The molecule has 1 N–H and O–H groups in total. The molecule has 0 aliphatic rings. The highest BCUT2D eigenvalue weighted by molar-refractivity contribution is 6.00. The van der Waals surface area contributed by atoms with Gasteiger partial charge in [-0.15, -0.1) is 12.4 Å². The highest BCUT2D eigenvalue weighted by atomic mass is 35.5. The van der Waals surface area contributed by atoms with Crippen LogP contribution in [0.5, 0.6) is 0 Å². The summed E-state index contributed by atoms with van der Waals surface area (Å²) in [5.41, 5.74) is 0.727. The molecule has 0 aliphatic heterocycles. The summed E-state index contributed by atoms with van der Waals surface area (Å²) >= 11 is 0. The average Bonchev–Trinajstić information content (AvgIpc) is 2.16. The molecular formula is C10H9ClN2O2. The van der Waals surface area contributed by atoms with E-state index in [0.29, 0.717) is 16.7 Å². The van der Waals surface area contributed by atoms with Gasteiger partial charge in [-0.2, -0.15) is 0 Å². The molecule has 2 rings (SSSR count). The number of nitrogens with zero attached hydrogens (tertiary/aromatic N) is 2. The van der Waals surface area contributed by atoms with Crippen LogP contribution in [0.1, 0.15) is 16.3 Å². The van der Waals surface area contributed by atoms with Gasteiger partial charge in [0.15, 0.2) is 5.69 Å². The zero-order valence-corrected chi connectivity index (χ0v) is 8.78. The predicted molar refractivity (Wildman–Crippen MR) is 58.5 cm³/mol. The Morgan fingerprint density at radius 3 is 2.60 bits per heavy atom. The molecule has 0 radical (unpaired) electrons. The average molecular weight is 225 g/mol. The monoisotopic (exact) mass is 224 g/mol. The molecule has 0 amide bonds. The molecule has 15 heavy (non-hydrogen) atoms. The van der Waals surface area contributed by atoms with Crippen molar-refractivity contribution in [3.05, 3.63) is 35.8 Å². The number of rotatable bonds is 1. The Balaban J connectivity index is 0.00000112. The number of fused-ring (bicyclic) bond motifs is 1. The number of benzene rings is 1. The van der Waals surface area contributed by atoms with Crippen molar-refractivity contribution in [2.45, 2.75) is 6.92 Å². The van der Waals surface area contributed by atoms with Crippen LogP contribution in [0.3, 0.4) is 0 Å². The number of hydrogen-bond acceptors (Lipinski definition) is 3. The molecule has 1 aromatic heterocycles. The minimum atomic E-state index is -1.02. The van der Waals surface area contributed by atoms with Gasteiger partial charge in [-0.25, -0.2) is 14.8 Å². The Morgan fingerprint density at radius 1 is 1.27 bits per heavy atom. The van der Waals surface area contributed by atoms with Crippen molar-refractivity contribution < 1.29 is 9.90 Å². The van der Waals surface area contributed by atoms with Crippen molar-refractivity contribution >= 4 is 29.3 Å². The number of halogens is 1. The number of aromatic nitrogens is 2. The van der Waals surface area contributed by atoms with E-state index in [2.05, 4.69) is 9.97 Å². The topological polar surface area (TPSA) is 63.1 Å². The largest absolute Gasteiger partial charge is 0.476 e. The lowest BCUT2D eigenvalue weighted by molar-refractivity contribution is 0.0692. The van der Waals surface area contributed by atoms with Gasteiger partial charge in [0, 0.05) is 5.39 Å². The van der Waals surface area contributed by atoms with Crippen molar-refractivity contribution in [3.63, 3.8) is 0 Å². The van der Waals surface area contributed by atoms with Gasteiger partial charge < -0.3 is 5.11 Å². The summed E-state index contributed by atoms with van der Waals surface area (Å²) in [6.07, 6.45) is 0. The number of para-hydroxylation sites is 1. The smallest absolute Gasteiger partial charge is 0.355 e. The molecule has 5 heteroatoms. The summed E-state index contributed by atoms with van der Waals surface area (Å²) in [4.78, 5) is 18.9. The quantitative estimate of drug-likeness (QED) is 0.805. The Morgan fingerprint density at radius 2 is 1.93 bits per heavy atom. The van der Waals surface area contributed by atoms with Crippen LogP contribution in [-0.4, -0.2) is 21.0 Å². The molecule has 0 fully saturated rings. The third-order valence-electron chi connectivity index (χ3n) is 1.92. The van der Waals surface area contributed by atoms with Gasteiger partial charge in [0.25, 0.3) is 0 Å². The zero-order valence-electron chi connectivity index (χ0n) is 7.97. The van der Waals surface area contributed by atoms with Gasteiger partial charge in [0.2, 0.25) is 0 Å². The fraction of sp³-hybridized carbons (Fsp3) is 0.100. The van der Waals surface area contributed by atoms with Gasteiger partial charge in [0.05, 0.1) is 5.52 Å². The minimum Gasteiger partial charge on any atom is -0.476 e. The Labute approximate surface area is 92.4 Å². The molecule has 1 aromatic carbocycles. The summed E-state index contributed by atoms with van der Waals surface area (Å²) in [5, 5.41) is 9.49. The van der Waals surface area contributed by atoms with E-state index < -0.39 is 5.97 Å². The molecule has 0 spiro atoms. The molecule has 0 atom stereocenters. The van der Waals surface area contributed by atoms with E-state index in [1.54, 1.807) is 25.1 Å². The van der Waals surface area contributed by atoms with E-state index in [1.807, 2.05) is 6.07 Å². The summed E-state index contributed by atoms with van der Waals surface area (Å²) < 4.78 is 0. The highest BCUT2D eigenvalue weighted by Gasteiger charge is 2.11. The van der Waals surface area contributed by atoms with Crippen molar-refractivity contribution in [2.24, 2.45) is 0 Å². The van der Waals surface area contributed by atoms with Crippen molar-refractivity contribution in [1.29, 1.82) is 0 Å². The second-order valence-electron chi connectivity index (χ2n) is 2.94. The van der Waals surface area contributed by atoms with E-state index in [0.717, 1.165) is 0 Å². The van der Waals surface area contributed by atoms with Gasteiger partial charge in [0.1, 0.15) is 5.82 Å². The van der Waals surface area contributed by atoms with Crippen molar-refractivity contribution in [2.75, 3.05) is 0 Å². The Bertz CT molecular complexity index is 514. The van der Waals surface area contributed by atoms with E-state index >= 15 is 0 Å². The lowest BCUT2D eigenvalue weighted by atomic mass is 10.2. The van der Waals surface area contributed by atoms with Crippen LogP contribution < -0.4 is 0 Å². The SMILES string of the molecule is Cc1nc(C(=O)O)c2ccccc2n1.Cl. The summed E-state index contributed by atoms with van der Waals surface area (Å²) in [6, 6.07) is 7.07. The van der Waals surface area contributed by atoms with Crippen molar-refractivity contribution in [3.8, 4) is 0 Å². The molecule has 78 valence electrons. The van der Waals surface area contributed by atoms with Crippen LogP contribution in [0, 0.1) is 6.92 Å². The number of hydrogen-bond donors (Lipinski definition) is 1. The lowest BCUT2D eigenvalue weighted by Crippen LogP contribution is -2.04. The molecule has 0 saturated heterocycles. The first-order valence-corrected chi connectivity index (χ1v) is 4.15. The normalized spacial score (nSPS) is 9.67. The second-order valence-corrected chi connectivity index (χ2v) is 2.94. The molecule has 0 saturated carbocycles. The standard InChI is InChI=1S/C10H8N2O2.ClH/c1-6-11-8-5-3-2-4-7(8)9(12-6)10(13)14;/h2-5H,1H3,(H,13,14);1H. The summed E-state index contributed by atoms with van der Waals surface area (Å²) in [6.45, 7) is 1.68. The molecular weight excluding hydrogens is 216 g/mol. The van der Waals surface area contributed by atoms with Crippen molar-refractivity contribution in [1.82, 2.24) is 9.97 Å². The molecule has 2 aromatic rings. The first-order chi connectivity index (χ1) is 6.68. The maximum Gasteiger partial charge on any atom is 0.355 e. The molecule has 0 unspecified atom stereocenters. The summed E-state index contributed by atoms with van der Waals surface area (Å²) in [7, 11) is 0. The Hall–Kier alpha value is -1.68. The third-order valence-corrected chi connectivity index (χ3v) is 1.92. The zero-order chi connectivity index (χ0) is 10.1. The predicted octanol–water partition coefficient (Wildman–Crippen LogP) is 2.06. The van der Waals surface area contributed by atoms with Gasteiger partial charge in [-0.1, -0.05) is 18.2 Å². The second kappa shape index (κ2) is 4.23.